The van der Waals surface area contributed by atoms with Gasteiger partial charge in [-0.2, -0.15) is 0 Å². The molecule has 7 rings (SSSR count). The summed E-state index contributed by atoms with van der Waals surface area (Å²) >= 11 is 0. The largest absolute Gasteiger partial charge is 0.385 e. The molecule has 0 radical (unpaired) electrons. The summed E-state index contributed by atoms with van der Waals surface area (Å²) in [4.78, 5) is 12.0. The predicted octanol–water partition coefficient (Wildman–Crippen LogP) is 33.0. The van der Waals surface area contributed by atoms with Crippen molar-refractivity contribution in [2.75, 3.05) is 34.5 Å². The van der Waals surface area contributed by atoms with Crippen LogP contribution < -0.4 is 0 Å². The lowest BCUT2D eigenvalue weighted by atomic mass is 9.74. The van der Waals surface area contributed by atoms with E-state index in [0.717, 1.165) is 79.5 Å². The van der Waals surface area contributed by atoms with E-state index in [2.05, 4.69) is 257 Å². The smallest absolute Gasteiger partial charge is 0.129 e. The Hall–Kier alpha value is -4.23. The van der Waals surface area contributed by atoms with Crippen LogP contribution in [-0.2, 0) is 26.0 Å². The SMILES string of the molecule is C.C.C.C.C.C.C.C.C.C.CC1CCC(CC2CCC(C)CC2)CC1.CCC.CCC(C)CC.CCC(C)OC.CCC(CC)(CC)CC.CCCCCOC.CCCOC.Cc1ccc(C(C)(C)c2ccc(C)cc2)cc1.Cc1ccc(Cc2ccc(C)cc2)cc1.Cc1nc(C)nc(C)n1.[HH].[HH]. The zero-order valence-electron chi connectivity index (χ0n) is 65.7. The summed E-state index contributed by atoms with van der Waals surface area (Å²) < 4.78 is 14.4. The van der Waals surface area contributed by atoms with Crippen molar-refractivity contribution in [3.8, 4) is 0 Å². The van der Waals surface area contributed by atoms with Gasteiger partial charge in [-0.1, -0.05) is 414 Å². The van der Waals surface area contributed by atoms with E-state index in [9.17, 15) is 0 Å². The molecule has 0 saturated heterocycles. The zero-order chi connectivity index (χ0) is 70.3. The van der Waals surface area contributed by atoms with Crippen LogP contribution in [0.4, 0.5) is 0 Å². The number of nitrogens with zero attached hydrogens (tertiary/aromatic N) is 3. The molecule has 102 heavy (non-hydrogen) atoms. The quantitative estimate of drug-likeness (QED) is 0.0724. The molecule has 0 bridgehead atoms. The van der Waals surface area contributed by atoms with Gasteiger partial charge in [-0.3, -0.25) is 0 Å². The average molecular weight is 1440 g/mol. The van der Waals surface area contributed by atoms with Gasteiger partial charge in [0.2, 0.25) is 0 Å². The Morgan fingerprint density at radius 2 is 0.686 bits per heavy atom. The van der Waals surface area contributed by atoms with Crippen LogP contribution in [0.5, 0.6) is 0 Å². The van der Waals surface area contributed by atoms with Gasteiger partial charge in [0.05, 0.1) is 6.10 Å². The van der Waals surface area contributed by atoms with Crippen LogP contribution in [0.3, 0.4) is 0 Å². The fraction of sp³-hybridized carbons (Fsp3) is 0.719. The zero-order valence-corrected chi connectivity index (χ0v) is 65.7. The number of unbranched alkanes of at least 4 members (excludes halogenated alkanes) is 2. The fourth-order valence-electron chi connectivity index (χ4n) is 10.8. The minimum absolute atomic E-state index is 0. The lowest BCUT2D eigenvalue weighted by Gasteiger charge is -2.32. The average Bonchev–Trinajstić information content (AvgIpc) is 0.808. The second kappa shape index (κ2) is 80.9. The Kier molecular flexibility index (Phi) is 101. The summed E-state index contributed by atoms with van der Waals surface area (Å²) in [5.74, 6) is 7.55. The Balaban J connectivity index is -0.0000000664. The molecule has 6 nitrogen and oxygen atoms in total. The van der Waals surface area contributed by atoms with Gasteiger partial charge in [0.25, 0.3) is 0 Å². The molecule has 1 atom stereocenters. The van der Waals surface area contributed by atoms with Crippen LogP contribution >= 0.6 is 0 Å². The lowest BCUT2D eigenvalue weighted by Crippen LogP contribution is -2.19. The van der Waals surface area contributed by atoms with E-state index in [-0.39, 0.29) is 82.5 Å². The number of aryl methyl sites for hydroxylation is 7. The van der Waals surface area contributed by atoms with Gasteiger partial charge in [0.1, 0.15) is 17.5 Å². The molecular formula is C96H195N3O3. The molecule has 2 fully saturated rings. The van der Waals surface area contributed by atoms with Crippen molar-refractivity contribution < 1.29 is 17.1 Å². The van der Waals surface area contributed by atoms with Gasteiger partial charge in [-0.15, -0.1) is 0 Å². The van der Waals surface area contributed by atoms with Gasteiger partial charge < -0.3 is 14.2 Å². The molecule has 612 valence electrons. The maximum atomic E-state index is 4.90. The van der Waals surface area contributed by atoms with E-state index >= 15 is 0 Å². The molecule has 2 saturated carbocycles. The minimum Gasteiger partial charge on any atom is -0.385 e. The first-order valence-corrected chi connectivity index (χ1v) is 37.2. The standard InChI is InChI=1S/C17H20.C15H28.C15H16.C9H20.C6H9N3.C6H14O.C6H14.C5H12O.C4H10O.C3H8.10CH4.2H2/c1-13-5-9-15(10-6-13)17(3,4)16-11-7-14(2)8-12-16;2*1-12-3-7-14(8-4-12)11-15-9-5-13(2)6-10-15;1-5-9(6-2,7-3)8-4;1-4-7-5(2)9-6(3)8-4;1-3-4-5-6-7-2;1-4-6(3)5-2;1-4-5(2)6-3;1-3-4-5-2;1-3-2;;;;;;;;;;;;/h5-12H,1-4H3;12-15H,3-11H2,1-2H3;3-10H,11H2,1-2H3;5-8H2,1-4H3;1-3H3;3-6H2,1-2H3;6H,4-5H2,1-3H3;5H,4H2,1-3H3;3-4H2,1-2H3;3H2,1-2H3;10*1H4;2*1H. The predicted molar refractivity (Wildman–Crippen MR) is 482 cm³/mol. The highest BCUT2D eigenvalue weighted by Gasteiger charge is 2.25. The van der Waals surface area contributed by atoms with E-state index in [1.54, 1.807) is 27.8 Å². The first kappa shape index (κ1) is 127. The summed E-state index contributed by atoms with van der Waals surface area (Å²) in [5.41, 5.74) is 11.5. The summed E-state index contributed by atoms with van der Waals surface area (Å²) in [5, 5.41) is 0. The van der Waals surface area contributed by atoms with Crippen molar-refractivity contribution in [1.82, 2.24) is 15.0 Å². The topological polar surface area (TPSA) is 66.4 Å². The number of hydrogen-bond donors (Lipinski definition) is 0. The Morgan fingerprint density at radius 1 is 0.402 bits per heavy atom. The maximum absolute atomic E-state index is 4.90. The molecule has 0 amide bonds. The van der Waals surface area contributed by atoms with Crippen molar-refractivity contribution in [3.05, 3.63) is 159 Å². The maximum Gasteiger partial charge on any atom is 0.129 e. The molecule has 2 aliphatic carbocycles. The highest BCUT2D eigenvalue weighted by atomic mass is 16.5. The third-order valence-corrected chi connectivity index (χ3v) is 18.8. The summed E-state index contributed by atoms with van der Waals surface area (Å²) in [6.07, 6.45) is 30.5. The monoisotopic (exact) mass is 1440 g/mol. The van der Waals surface area contributed by atoms with Crippen molar-refractivity contribution in [1.29, 1.82) is 0 Å². The first-order valence-electron chi connectivity index (χ1n) is 37.2. The lowest BCUT2D eigenvalue weighted by molar-refractivity contribution is 0.115. The summed E-state index contributed by atoms with van der Waals surface area (Å²) in [7, 11) is 5.19. The number of benzene rings is 4. The van der Waals surface area contributed by atoms with Crippen LogP contribution in [-0.4, -0.2) is 55.6 Å². The van der Waals surface area contributed by atoms with Crippen LogP contribution in [0, 0.1) is 83.5 Å². The van der Waals surface area contributed by atoms with Crippen molar-refractivity contribution >= 4 is 0 Å². The Morgan fingerprint density at radius 3 is 0.873 bits per heavy atom. The molecule has 0 spiro atoms. The molecule has 1 unspecified atom stereocenters. The normalized spacial score (nSPS) is 14.3. The fourth-order valence-corrected chi connectivity index (χ4v) is 10.8. The van der Waals surface area contributed by atoms with Gasteiger partial charge in [0, 0.05) is 42.8 Å². The van der Waals surface area contributed by atoms with E-state index in [0.29, 0.717) is 11.5 Å². The minimum atomic E-state index is 0. The van der Waals surface area contributed by atoms with Crippen LogP contribution in [0.25, 0.3) is 0 Å². The molecule has 0 aliphatic heterocycles. The van der Waals surface area contributed by atoms with Gasteiger partial charge in [0.15, 0.2) is 0 Å². The molecule has 6 heteroatoms. The summed E-state index contributed by atoms with van der Waals surface area (Å²) in [6.45, 7) is 54.0. The van der Waals surface area contributed by atoms with Crippen LogP contribution in [0.15, 0.2) is 97.1 Å². The van der Waals surface area contributed by atoms with Crippen molar-refractivity contribution in [3.63, 3.8) is 0 Å². The van der Waals surface area contributed by atoms with Gasteiger partial charge in [-0.25, -0.2) is 15.0 Å². The highest BCUT2D eigenvalue weighted by Crippen LogP contribution is 2.38. The molecule has 2 aliphatic rings. The number of aromatic nitrogens is 3. The van der Waals surface area contributed by atoms with E-state index in [1.165, 1.54) is 160 Å². The van der Waals surface area contributed by atoms with Gasteiger partial charge in [-0.05, 0) is 145 Å². The Bertz CT molecular complexity index is 2170. The molecule has 1 heterocycles. The molecule has 5 aromatic rings. The second-order valence-electron chi connectivity index (χ2n) is 27.7. The van der Waals surface area contributed by atoms with Crippen LogP contribution in [0.1, 0.15) is 392 Å². The van der Waals surface area contributed by atoms with Crippen molar-refractivity contribution in [2.45, 2.75) is 393 Å². The first-order chi connectivity index (χ1) is 43.8. The third kappa shape index (κ3) is 66.5. The van der Waals surface area contributed by atoms with Crippen molar-refractivity contribution in [2.24, 2.45) is 35.0 Å². The third-order valence-electron chi connectivity index (χ3n) is 18.8. The number of ether oxygens (including phenoxy) is 3. The van der Waals surface area contributed by atoms with E-state index < -0.39 is 0 Å². The highest BCUT2D eigenvalue weighted by molar-refractivity contribution is 5.39. The van der Waals surface area contributed by atoms with E-state index in [1.807, 2.05) is 20.8 Å². The molecule has 4 aromatic carbocycles. The van der Waals surface area contributed by atoms with E-state index in [4.69, 9.17) is 14.2 Å². The molecule has 0 N–H and O–H groups in total. The Labute approximate surface area is 650 Å². The summed E-state index contributed by atoms with van der Waals surface area (Å²) in [6, 6.07) is 35.2. The number of rotatable bonds is 20. The number of methoxy groups -OCH3 is 3. The second-order valence-corrected chi connectivity index (χ2v) is 27.7. The molecule has 1 aromatic heterocycles. The molecular weight excluding hydrogens is 1240 g/mol. The van der Waals surface area contributed by atoms with Gasteiger partial charge >= 0.3 is 0 Å². The van der Waals surface area contributed by atoms with Crippen LogP contribution in [0.2, 0.25) is 0 Å². The number of hydrogen-bond acceptors (Lipinski definition) is 6.